The minimum absolute atomic E-state index is 0.120. The number of hydrogen-bond acceptors (Lipinski definition) is 3. The number of carbonyl (C=O) groups excluding carboxylic acids is 1. The lowest BCUT2D eigenvalue weighted by molar-refractivity contribution is -0.137. The van der Waals surface area contributed by atoms with Crippen LogP contribution in [0, 0.1) is 5.82 Å². The molecule has 0 bridgehead atoms. The summed E-state index contributed by atoms with van der Waals surface area (Å²) in [6.07, 6.45) is -4.48. The molecule has 9 heteroatoms. The molecule has 180 valence electrons. The van der Waals surface area contributed by atoms with Gasteiger partial charge in [-0.05, 0) is 48.0 Å². The van der Waals surface area contributed by atoms with E-state index in [0.717, 1.165) is 17.7 Å². The van der Waals surface area contributed by atoms with Crippen LogP contribution in [0.1, 0.15) is 21.6 Å². The highest BCUT2D eigenvalue weighted by Crippen LogP contribution is 2.29. The predicted octanol–water partition coefficient (Wildman–Crippen LogP) is 6.15. The third-order valence-corrected chi connectivity index (χ3v) is 5.58. The van der Waals surface area contributed by atoms with Gasteiger partial charge in [-0.1, -0.05) is 42.5 Å². The molecular formula is C27H18F4N4O. The van der Waals surface area contributed by atoms with Gasteiger partial charge in [0.1, 0.15) is 11.5 Å². The van der Waals surface area contributed by atoms with Gasteiger partial charge in [0, 0.05) is 23.7 Å². The number of nitrogens with zero attached hydrogens (tertiary/aromatic N) is 3. The Labute approximate surface area is 203 Å². The van der Waals surface area contributed by atoms with Crippen LogP contribution in [-0.4, -0.2) is 20.5 Å². The summed E-state index contributed by atoms with van der Waals surface area (Å²) in [6, 6.07) is 23.0. The van der Waals surface area contributed by atoms with Gasteiger partial charge in [-0.2, -0.15) is 18.3 Å². The molecule has 3 aromatic carbocycles. The van der Waals surface area contributed by atoms with Crippen molar-refractivity contribution in [2.24, 2.45) is 0 Å². The molecule has 5 rings (SSSR count). The number of aromatic nitrogens is 3. The van der Waals surface area contributed by atoms with E-state index in [1.165, 1.54) is 34.8 Å². The van der Waals surface area contributed by atoms with E-state index in [2.05, 4.69) is 15.4 Å². The van der Waals surface area contributed by atoms with Gasteiger partial charge in [0.25, 0.3) is 5.91 Å². The first-order valence-electron chi connectivity index (χ1n) is 10.9. The smallest absolute Gasteiger partial charge is 0.347 e. The molecule has 0 aliphatic rings. The topological polar surface area (TPSA) is 59.3 Å². The van der Waals surface area contributed by atoms with Crippen molar-refractivity contribution >= 4 is 11.6 Å². The summed E-state index contributed by atoms with van der Waals surface area (Å²) in [4.78, 5) is 17.8. The first-order chi connectivity index (χ1) is 17.3. The van der Waals surface area contributed by atoms with E-state index in [1.807, 2.05) is 30.3 Å². The number of alkyl halides is 3. The number of hydrogen-bond donors (Lipinski definition) is 1. The standard InChI is InChI=1S/C27H18F4N4O/c28-21-11-9-19(10-12-21)22-14-24(26(36)32-16-17-5-4-8-20(13-17)27(29,30)31)35-25(33-22)15-23(34-35)18-6-2-1-3-7-18/h1-15H,16H2,(H,32,36). The number of benzene rings is 3. The average Bonchev–Trinajstić information content (AvgIpc) is 3.32. The Morgan fingerprint density at radius 3 is 2.28 bits per heavy atom. The Balaban J connectivity index is 1.53. The molecule has 0 fully saturated rings. The first-order valence-corrected chi connectivity index (χ1v) is 10.9. The summed E-state index contributed by atoms with van der Waals surface area (Å²) in [6.45, 7) is -0.120. The first kappa shape index (κ1) is 23.2. The number of halogens is 4. The quantitative estimate of drug-likeness (QED) is 0.301. The molecule has 0 aliphatic carbocycles. The van der Waals surface area contributed by atoms with E-state index in [1.54, 1.807) is 18.2 Å². The summed E-state index contributed by atoms with van der Waals surface area (Å²) in [5.41, 5.74) is 2.45. The van der Waals surface area contributed by atoms with Crippen molar-refractivity contribution in [1.82, 2.24) is 19.9 Å². The lowest BCUT2D eigenvalue weighted by atomic mass is 10.1. The molecule has 36 heavy (non-hydrogen) atoms. The van der Waals surface area contributed by atoms with Crippen LogP contribution >= 0.6 is 0 Å². The highest BCUT2D eigenvalue weighted by atomic mass is 19.4. The van der Waals surface area contributed by atoms with Crippen LogP contribution in [0.25, 0.3) is 28.2 Å². The molecule has 0 spiro atoms. The molecule has 2 aromatic heterocycles. The fourth-order valence-electron chi connectivity index (χ4n) is 3.79. The van der Waals surface area contributed by atoms with E-state index in [-0.39, 0.29) is 12.2 Å². The lowest BCUT2D eigenvalue weighted by Crippen LogP contribution is -2.26. The van der Waals surface area contributed by atoms with Crippen molar-refractivity contribution in [3.63, 3.8) is 0 Å². The third-order valence-electron chi connectivity index (χ3n) is 5.58. The van der Waals surface area contributed by atoms with E-state index in [4.69, 9.17) is 0 Å². The molecule has 0 aliphatic heterocycles. The summed E-state index contributed by atoms with van der Waals surface area (Å²) in [5.74, 6) is -0.958. The van der Waals surface area contributed by atoms with Gasteiger partial charge in [0.15, 0.2) is 5.65 Å². The molecular weight excluding hydrogens is 472 g/mol. The monoisotopic (exact) mass is 490 g/mol. The predicted molar refractivity (Wildman–Crippen MR) is 126 cm³/mol. The average molecular weight is 490 g/mol. The second-order valence-corrected chi connectivity index (χ2v) is 8.08. The number of rotatable bonds is 5. The second-order valence-electron chi connectivity index (χ2n) is 8.08. The van der Waals surface area contributed by atoms with Crippen molar-refractivity contribution in [1.29, 1.82) is 0 Å². The van der Waals surface area contributed by atoms with Crippen molar-refractivity contribution < 1.29 is 22.4 Å². The van der Waals surface area contributed by atoms with Crippen molar-refractivity contribution in [3.05, 3.63) is 114 Å². The van der Waals surface area contributed by atoms with Crippen molar-refractivity contribution in [2.75, 3.05) is 0 Å². The van der Waals surface area contributed by atoms with Gasteiger partial charge in [-0.25, -0.2) is 13.9 Å². The highest BCUT2D eigenvalue weighted by molar-refractivity contribution is 5.94. The molecule has 5 nitrogen and oxygen atoms in total. The van der Waals surface area contributed by atoms with Crippen LogP contribution in [0.4, 0.5) is 17.6 Å². The molecule has 5 aromatic rings. The van der Waals surface area contributed by atoms with Crippen molar-refractivity contribution in [3.8, 4) is 22.5 Å². The van der Waals surface area contributed by atoms with Gasteiger partial charge >= 0.3 is 6.18 Å². The van der Waals surface area contributed by atoms with Gasteiger partial charge in [-0.3, -0.25) is 4.79 Å². The zero-order valence-corrected chi connectivity index (χ0v) is 18.6. The molecule has 0 radical (unpaired) electrons. The van der Waals surface area contributed by atoms with Crippen molar-refractivity contribution in [2.45, 2.75) is 12.7 Å². The van der Waals surface area contributed by atoms with Gasteiger partial charge in [0.05, 0.1) is 17.0 Å². The third kappa shape index (κ3) is 4.81. The van der Waals surface area contributed by atoms with E-state index in [0.29, 0.717) is 28.2 Å². The number of carbonyl (C=O) groups is 1. The molecule has 0 atom stereocenters. The largest absolute Gasteiger partial charge is 0.416 e. The maximum absolute atomic E-state index is 13.4. The Hall–Kier alpha value is -4.53. The van der Waals surface area contributed by atoms with Crippen LogP contribution < -0.4 is 5.32 Å². The highest BCUT2D eigenvalue weighted by Gasteiger charge is 2.30. The molecule has 1 amide bonds. The maximum Gasteiger partial charge on any atom is 0.416 e. The molecule has 0 unspecified atom stereocenters. The van der Waals surface area contributed by atoms with Gasteiger partial charge in [-0.15, -0.1) is 0 Å². The number of fused-ring (bicyclic) bond motifs is 1. The molecule has 2 heterocycles. The van der Waals surface area contributed by atoms with Gasteiger partial charge in [0.2, 0.25) is 0 Å². The maximum atomic E-state index is 13.4. The Bertz CT molecular complexity index is 1540. The Morgan fingerprint density at radius 1 is 0.833 bits per heavy atom. The molecule has 1 N–H and O–H groups in total. The fourth-order valence-corrected chi connectivity index (χ4v) is 3.79. The Morgan fingerprint density at radius 2 is 1.56 bits per heavy atom. The summed E-state index contributed by atoms with van der Waals surface area (Å²) < 4.78 is 54.0. The van der Waals surface area contributed by atoms with E-state index in [9.17, 15) is 22.4 Å². The number of nitrogens with one attached hydrogen (secondary N) is 1. The number of amides is 1. The van der Waals surface area contributed by atoms with E-state index < -0.39 is 23.5 Å². The van der Waals surface area contributed by atoms with Gasteiger partial charge < -0.3 is 5.32 Å². The molecule has 0 saturated carbocycles. The summed E-state index contributed by atoms with van der Waals surface area (Å²) in [5, 5.41) is 7.21. The minimum atomic E-state index is -4.48. The van der Waals surface area contributed by atoms with E-state index >= 15 is 0 Å². The molecule has 0 saturated heterocycles. The SMILES string of the molecule is O=C(NCc1cccc(C(F)(F)F)c1)c1cc(-c2ccc(F)cc2)nc2cc(-c3ccccc3)nn12. The summed E-state index contributed by atoms with van der Waals surface area (Å²) >= 11 is 0. The van der Waals surface area contributed by atoms with Crippen LogP contribution in [0.3, 0.4) is 0 Å². The second kappa shape index (κ2) is 9.26. The Kier molecular flexibility index (Phi) is 5.97. The van der Waals surface area contributed by atoms with Crippen LogP contribution in [-0.2, 0) is 12.7 Å². The van der Waals surface area contributed by atoms with Crippen LogP contribution in [0.2, 0.25) is 0 Å². The normalized spacial score (nSPS) is 11.6. The fraction of sp³-hybridized carbons (Fsp3) is 0.0741. The summed E-state index contributed by atoms with van der Waals surface area (Å²) in [7, 11) is 0. The van der Waals surface area contributed by atoms with Crippen LogP contribution in [0.15, 0.2) is 91.0 Å². The minimum Gasteiger partial charge on any atom is -0.347 e. The lowest BCUT2D eigenvalue weighted by Gasteiger charge is -2.11. The zero-order chi connectivity index (χ0) is 25.3. The van der Waals surface area contributed by atoms with Crippen LogP contribution in [0.5, 0.6) is 0 Å². The zero-order valence-electron chi connectivity index (χ0n) is 18.6.